The molecular weight excluding hydrogens is 376 g/mol. The fraction of sp³-hybridized carbons (Fsp3) is 0.391. The Bertz CT molecular complexity index is 1110. The number of hydrogen-bond acceptors (Lipinski definition) is 5. The molecule has 154 valence electrons. The molecule has 1 atom stereocenters. The predicted octanol–water partition coefficient (Wildman–Crippen LogP) is 3.66. The van der Waals surface area contributed by atoms with E-state index in [4.69, 9.17) is 5.10 Å². The van der Waals surface area contributed by atoms with Crippen LogP contribution in [0.15, 0.2) is 30.3 Å². The molecule has 0 unspecified atom stereocenters. The highest BCUT2D eigenvalue weighted by atomic mass is 16.1. The zero-order valence-electron chi connectivity index (χ0n) is 17.6. The van der Waals surface area contributed by atoms with E-state index in [0.717, 1.165) is 35.7 Å². The normalized spacial score (nSPS) is 18.4. The minimum atomic E-state index is -0.0152. The van der Waals surface area contributed by atoms with Crippen molar-refractivity contribution in [2.75, 3.05) is 23.3 Å². The molecule has 0 bridgehead atoms. The van der Waals surface area contributed by atoms with Gasteiger partial charge in [0.1, 0.15) is 5.82 Å². The number of carbonyl (C=O) groups is 1. The van der Waals surface area contributed by atoms with Gasteiger partial charge in [-0.05, 0) is 62.4 Å². The summed E-state index contributed by atoms with van der Waals surface area (Å²) in [6.45, 7) is 8.26. The molecule has 2 aliphatic rings. The molecule has 1 saturated heterocycles. The zero-order valence-corrected chi connectivity index (χ0v) is 17.6. The van der Waals surface area contributed by atoms with E-state index in [0.29, 0.717) is 18.1 Å². The fourth-order valence-electron chi connectivity index (χ4n) is 4.53. The van der Waals surface area contributed by atoms with Crippen LogP contribution in [0.2, 0.25) is 0 Å². The summed E-state index contributed by atoms with van der Waals surface area (Å²) in [5, 5.41) is 16.6. The van der Waals surface area contributed by atoms with Crippen LogP contribution in [0.1, 0.15) is 53.1 Å². The molecule has 1 amide bonds. The van der Waals surface area contributed by atoms with Gasteiger partial charge < -0.3 is 10.2 Å². The molecule has 1 aromatic carbocycles. The maximum Gasteiger partial charge on any atom is 0.226 e. The van der Waals surface area contributed by atoms with Gasteiger partial charge in [-0.25, -0.2) is 0 Å². The van der Waals surface area contributed by atoms with Gasteiger partial charge in [-0.1, -0.05) is 18.2 Å². The maximum absolute atomic E-state index is 12.6. The molecule has 2 aliphatic heterocycles. The molecule has 1 fully saturated rings. The van der Waals surface area contributed by atoms with Gasteiger partial charge in [0.05, 0.1) is 5.69 Å². The lowest BCUT2D eigenvalue weighted by molar-refractivity contribution is -0.116. The van der Waals surface area contributed by atoms with Crippen LogP contribution >= 0.6 is 0 Å². The second kappa shape index (κ2) is 7.23. The molecule has 7 nitrogen and oxygen atoms in total. The van der Waals surface area contributed by atoms with E-state index in [9.17, 15) is 4.79 Å². The van der Waals surface area contributed by atoms with Crippen LogP contribution in [-0.4, -0.2) is 39.0 Å². The van der Waals surface area contributed by atoms with Crippen molar-refractivity contribution in [1.82, 2.24) is 20.0 Å². The number of aromatic nitrogens is 4. The number of nitrogens with one attached hydrogen (secondary N) is 1. The topological polar surface area (TPSA) is 75.9 Å². The molecule has 0 radical (unpaired) electrons. The minimum absolute atomic E-state index is 0.00600. The first kappa shape index (κ1) is 18.8. The van der Waals surface area contributed by atoms with E-state index >= 15 is 0 Å². The van der Waals surface area contributed by atoms with Crippen molar-refractivity contribution in [3.05, 3.63) is 58.3 Å². The van der Waals surface area contributed by atoms with Crippen molar-refractivity contribution in [2.24, 2.45) is 0 Å². The van der Waals surface area contributed by atoms with Gasteiger partial charge in [0.2, 0.25) is 5.91 Å². The van der Waals surface area contributed by atoms with E-state index in [1.807, 2.05) is 19.1 Å². The molecule has 0 saturated carbocycles. The van der Waals surface area contributed by atoms with Gasteiger partial charge in [0.15, 0.2) is 11.6 Å². The lowest BCUT2D eigenvalue weighted by Gasteiger charge is -2.25. The van der Waals surface area contributed by atoms with Crippen molar-refractivity contribution in [3.8, 4) is 5.82 Å². The minimum Gasteiger partial charge on any atom is -0.355 e. The van der Waals surface area contributed by atoms with Crippen LogP contribution in [0, 0.1) is 20.8 Å². The largest absolute Gasteiger partial charge is 0.355 e. The Morgan fingerprint density at radius 3 is 2.40 bits per heavy atom. The van der Waals surface area contributed by atoms with Crippen LogP contribution < -0.4 is 10.2 Å². The molecular formula is C23H26N6O. The second-order valence-corrected chi connectivity index (χ2v) is 8.35. The molecule has 4 heterocycles. The van der Waals surface area contributed by atoms with Crippen molar-refractivity contribution in [2.45, 2.75) is 46.0 Å². The third kappa shape index (κ3) is 3.14. The zero-order chi connectivity index (χ0) is 20.8. The van der Waals surface area contributed by atoms with E-state index < -0.39 is 0 Å². The van der Waals surface area contributed by atoms with Crippen LogP contribution in [0.25, 0.3) is 5.82 Å². The van der Waals surface area contributed by atoms with Gasteiger partial charge >= 0.3 is 0 Å². The lowest BCUT2D eigenvalue weighted by Crippen LogP contribution is -2.25. The third-order valence-electron chi connectivity index (χ3n) is 6.32. The number of anilines is 2. The Balaban J connectivity index is 1.55. The molecule has 30 heavy (non-hydrogen) atoms. The number of carbonyl (C=O) groups excluding carboxylic acids is 1. The molecule has 1 N–H and O–H groups in total. The number of benzene rings is 1. The van der Waals surface area contributed by atoms with E-state index in [1.54, 1.807) is 4.68 Å². The first-order chi connectivity index (χ1) is 14.5. The summed E-state index contributed by atoms with van der Waals surface area (Å²) in [6, 6.07) is 10.3. The Morgan fingerprint density at radius 1 is 0.967 bits per heavy atom. The van der Waals surface area contributed by atoms with Gasteiger partial charge in [-0.15, -0.1) is 10.2 Å². The van der Waals surface area contributed by atoms with Crippen LogP contribution in [0.3, 0.4) is 0 Å². The number of fused-ring (bicyclic) bond motifs is 1. The maximum atomic E-state index is 12.6. The molecule has 0 spiro atoms. The van der Waals surface area contributed by atoms with Crippen molar-refractivity contribution >= 4 is 17.5 Å². The highest BCUT2D eigenvalue weighted by Crippen LogP contribution is 2.40. The summed E-state index contributed by atoms with van der Waals surface area (Å²) in [5.74, 6) is 2.19. The number of aryl methyl sites for hydroxylation is 3. The Kier molecular flexibility index (Phi) is 4.53. The number of rotatable bonds is 3. The first-order valence-corrected chi connectivity index (χ1v) is 10.6. The quantitative estimate of drug-likeness (QED) is 0.724. The third-order valence-corrected chi connectivity index (χ3v) is 6.32. The average Bonchev–Trinajstić information content (AvgIpc) is 3.38. The monoisotopic (exact) mass is 402 g/mol. The molecule has 0 aliphatic carbocycles. The Hall–Kier alpha value is -3.22. The predicted molar refractivity (Wildman–Crippen MR) is 116 cm³/mol. The summed E-state index contributed by atoms with van der Waals surface area (Å²) in [4.78, 5) is 14.8. The van der Waals surface area contributed by atoms with Crippen molar-refractivity contribution in [3.63, 3.8) is 0 Å². The second-order valence-electron chi connectivity index (χ2n) is 8.35. The van der Waals surface area contributed by atoms with Crippen LogP contribution in [0.5, 0.6) is 0 Å². The molecule has 7 heteroatoms. The number of nitrogens with zero attached hydrogens (tertiary/aromatic N) is 5. The summed E-state index contributed by atoms with van der Waals surface area (Å²) in [5.41, 5.74) is 5.59. The van der Waals surface area contributed by atoms with E-state index in [2.05, 4.69) is 52.5 Å². The van der Waals surface area contributed by atoms with Gasteiger partial charge in [0.25, 0.3) is 0 Å². The highest BCUT2D eigenvalue weighted by molar-refractivity contribution is 5.95. The number of hydrogen-bond donors (Lipinski definition) is 1. The van der Waals surface area contributed by atoms with Gasteiger partial charge in [0, 0.05) is 31.0 Å². The first-order valence-electron chi connectivity index (χ1n) is 10.6. The smallest absolute Gasteiger partial charge is 0.226 e. The van der Waals surface area contributed by atoms with Crippen molar-refractivity contribution < 1.29 is 4.79 Å². The number of amides is 1. The Morgan fingerprint density at radius 2 is 1.70 bits per heavy atom. The molecule has 5 rings (SSSR count). The standard InChI is InChI=1S/C23H26N6O/c1-14-6-7-17(12-15(14)2)18-13-21(30)24-23-22(18)16(3)27-29(23)20-9-8-19(25-26-20)28-10-4-5-11-28/h6-9,12,18H,4-5,10-11,13H2,1-3H3,(H,24,30)/t18-/m1/s1. The summed E-state index contributed by atoms with van der Waals surface area (Å²) in [7, 11) is 0. The molecule has 2 aromatic heterocycles. The van der Waals surface area contributed by atoms with Gasteiger partial charge in [-0.2, -0.15) is 9.78 Å². The Labute approximate surface area is 176 Å². The SMILES string of the molecule is Cc1ccc([C@H]2CC(=O)Nc3c2c(C)nn3-c2ccc(N3CCCC3)nn2)cc1C. The summed E-state index contributed by atoms with van der Waals surface area (Å²) < 4.78 is 1.72. The van der Waals surface area contributed by atoms with Crippen molar-refractivity contribution in [1.29, 1.82) is 0 Å². The van der Waals surface area contributed by atoms with E-state index in [-0.39, 0.29) is 11.8 Å². The van der Waals surface area contributed by atoms with Crippen LogP contribution in [-0.2, 0) is 4.79 Å². The lowest BCUT2D eigenvalue weighted by atomic mass is 9.84. The molecule has 3 aromatic rings. The highest BCUT2D eigenvalue weighted by Gasteiger charge is 2.33. The summed E-state index contributed by atoms with van der Waals surface area (Å²) >= 11 is 0. The van der Waals surface area contributed by atoms with Crippen LogP contribution in [0.4, 0.5) is 11.6 Å². The average molecular weight is 403 g/mol. The van der Waals surface area contributed by atoms with Gasteiger partial charge in [-0.3, -0.25) is 4.79 Å². The summed E-state index contributed by atoms with van der Waals surface area (Å²) in [6.07, 6.45) is 2.81. The van der Waals surface area contributed by atoms with E-state index in [1.165, 1.54) is 24.0 Å². The fourth-order valence-corrected chi connectivity index (χ4v) is 4.53.